The first-order valence-electron chi connectivity index (χ1n) is 10.8. The van der Waals surface area contributed by atoms with Crippen LogP contribution in [0.2, 0.25) is 18.1 Å². The number of carbonyl (C=O) groups is 3. The first-order valence-corrected chi connectivity index (χ1v) is 13.7. The molecule has 3 atom stereocenters. The average molecular weight is 438 g/mol. The second-order valence-electron chi connectivity index (χ2n) is 10.2. The van der Waals surface area contributed by atoms with Gasteiger partial charge in [0.1, 0.15) is 5.84 Å². The van der Waals surface area contributed by atoms with E-state index in [1.54, 1.807) is 9.80 Å². The molecule has 3 fully saturated rings. The highest BCUT2D eigenvalue weighted by molar-refractivity contribution is 6.74. The predicted octanol–water partition coefficient (Wildman–Crippen LogP) is 2.15. The zero-order valence-corrected chi connectivity index (χ0v) is 19.9. The van der Waals surface area contributed by atoms with Gasteiger partial charge in [0.15, 0.2) is 0 Å². The van der Waals surface area contributed by atoms with Gasteiger partial charge in [0, 0.05) is 26.6 Å². The first-order chi connectivity index (χ1) is 13.8. The number of nitrogens with one attached hydrogen (secondary N) is 2. The van der Waals surface area contributed by atoms with Crippen LogP contribution in [0.1, 0.15) is 47.0 Å². The van der Waals surface area contributed by atoms with Crippen LogP contribution in [0.25, 0.3) is 0 Å². The highest BCUT2D eigenvalue weighted by Crippen LogP contribution is 2.40. The van der Waals surface area contributed by atoms with Crippen LogP contribution in [0.15, 0.2) is 0 Å². The van der Waals surface area contributed by atoms with Crippen LogP contribution in [-0.2, 0) is 14.1 Å². The van der Waals surface area contributed by atoms with Gasteiger partial charge in [-0.15, -0.1) is 0 Å². The summed E-state index contributed by atoms with van der Waals surface area (Å²) in [6.07, 6.45) is 1.96. The standard InChI is InChI=1S/C20H35N5O4Si/c1-13(26)23-10-9-14(11-23)18(27)22-17(21)16-8-7-15-12-24(16)19(28)25(15)29-30(5,6)20(2,3)4/h14-16H,7-12H2,1-6H3,(H2,21,22,27)/t14-,15-,16+/m1/s1. The molecule has 4 amide bonds. The van der Waals surface area contributed by atoms with Gasteiger partial charge in [-0.25, -0.2) is 9.86 Å². The lowest BCUT2D eigenvalue weighted by Gasteiger charge is -2.39. The number of piperidine rings is 1. The Morgan fingerprint density at radius 3 is 2.40 bits per heavy atom. The first kappa shape index (κ1) is 22.7. The van der Waals surface area contributed by atoms with Crippen molar-refractivity contribution in [2.24, 2.45) is 5.92 Å². The summed E-state index contributed by atoms with van der Waals surface area (Å²) in [6.45, 7) is 13.6. The Morgan fingerprint density at radius 2 is 1.83 bits per heavy atom. The fourth-order valence-corrected chi connectivity index (χ4v) is 5.00. The molecule has 0 saturated carbocycles. The van der Waals surface area contributed by atoms with E-state index in [0.29, 0.717) is 32.5 Å². The summed E-state index contributed by atoms with van der Waals surface area (Å²) in [5.41, 5.74) is 0. The van der Waals surface area contributed by atoms with Crippen molar-refractivity contribution in [3.8, 4) is 0 Å². The van der Waals surface area contributed by atoms with Crippen LogP contribution in [0.4, 0.5) is 4.79 Å². The van der Waals surface area contributed by atoms with Crippen molar-refractivity contribution in [1.29, 1.82) is 5.41 Å². The second-order valence-corrected chi connectivity index (χ2v) is 14.9. The maximum Gasteiger partial charge on any atom is 0.343 e. The minimum atomic E-state index is -2.16. The SMILES string of the molecule is CC(=O)N1CC[C@@H](C(=O)NC(=N)[C@@H]2CC[C@@H]3CN2C(=O)N3O[Si](C)(C)C(C)(C)C)C1. The van der Waals surface area contributed by atoms with E-state index in [1.165, 1.54) is 12.0 Å². The molecule has 3 saturated heterocycles. The molecule has 0 unspecified atom stereocenters. The summed E-state index contributed by atoms with van der Waals surface area (Å²) < 4.78 is 6.30. The fraction of sp³-hybridized carbons (Fsp3) is 0.800. The zero-order chi connectivity index (χ0) is 22.4. The van der Waals surface area contributed by atoms with Crippen LogP contribution in [-0.4, -0.2) is 78.6 Å². The number of amides is 4. The minimum Gasteiger partial charge on any atom is -0.342 e. The Balaban J connectivity index is 1.62. The van der Waals surface area contributed by atoms with Gasteiger partial charge in [0.25, 0.3) is 0 Å². The van der Waals surface area contributed by atoms with Crippen LogP contribution < -0.4 is 5.32 Å². The Labute approximate surface area is 179 Å². The average Bonchev–Trinajstić information content (AvgIpc) is 3.21. The third-order valence-corrected chi connectivity index (χ3v) is 11.3. The molecule has 2 bridgehead atoms. The van der Waals surface area contributed by atoms with Gasteiger partial charge in [-0.05, 0) is 37.4 Å². The number of hydrogen-bond acceptors (Lipinski definition) is 5. The van der Waals surface area contributed by atoms with Crippen LogP contribution in [0.3, 0.4) is 0 Å². The molecular formula is C20H35N5O4Si. The van der Waals surface area contributed by atoms with E-state index >= 15 is 0 Å². The monoisotopic (exact) mass is 437 g/mol. The van der Waals surface area contributed by atoms with Crippen LogP contribution in [0, 0.1) is 11.3 Å². The van der Waals surface area contributed by atoms with E-state index in [0.717, 1.165) is 6.42 Å². The summed E-state index contributed by atoms with van der Waals surface area (Å²) in [7, 11) is -2.16. The van der Waals surface area contributed by atoms with Crippen molar-refractivity contribution in [2.45, 2.75) is 77.2 Å². The third-order valence-electron chi connectivity index (χ3n) is 7.05. The van der Waals surface area contributed by atoms with Gasteiger partial charge < -0.3 is 19.6 Å². The number of hydrogen-bond donors (Lipinski definition) is 2. The number of amidine groups is 1. The second kappa shape index (κ2) is 7.95. The highest BCUT2D eigenvalue weighted by Gasteiger charge is 2.51. The number of nitrogens with zero attached hydrogens (tertiary/aromatic N) is 3. The number of rotatable bonds is 4. The molecule has 0 radical (unpaired) electrons. The molecular weight excluding hydrogens is 402 g/mol. The van der Waals surface area contributed by atoms with E-state index in [2.05, 4.69) is 39.2 Å². The van der Waals surface area contributed by atoms with Crippen molar-refractivity contribution in [3.63, 3.8) is 0 Å². The number of urea groups is 1. The molecule has 0 aromatic carbocycles. The van der Waals surface area contributed by atoms with E-state index in [-0.39, 0.29) is 40.7 Å². The third kappa shape index (κ3) is 4.25. The van der Waals surface area contributed by atoms with Gasteiger partial charge in [-0.1, -0.05) is 20.8 Å². The predicted molar refractivity (Wildman–Crippen MR) is 115 cm³/mol. The number of fused-ring (bicyclic) bond motifs is 2. The Kier molecular flexibility index (Phi) is 6.03. The molecule has 3 aliphatic rings. The van der Waals surface area contributed by atoms with E-state index in [4.69, 9.17) is 9.94 Å². The molecule has 0 aliphatic carbocycles. The Hall–Kier alpha value is -1.94. The largest absolute Gasteiger partial charge is 0.343 e. The highest BCUT2D eigenvalue weighted by atomic mass is 28.4. The number of hydroxylamine groups is 2. The topological polar surface area (TPSA) is 106 Å². The van der Waals surface area contributed by atoms with E-state index < -0.39 is 14.4 Å². The summed E-state index contributed by atoms with van der Waals surface area (Å²) in [5, 5.41) is 12.7. The number of likely N-dealkylation sites (tertiary alicyclic amines) is 1. The molecule has 168 valence electrons. The Morgan fingerprint density at radius 1 is 1.17 bits per heavy atom. The number of carbonyl (C=O) groups excluding carboxylic acids is 3. The lowest BCUT2D eigenvalue weighted by molar-refractivity contribution is -0.128. The van der Waals surface area contributed by atoms with Gasteiger partial charge in [-0.2, -0.15) is 0 Å². The molecule has 30 heavy (non-hydrogen) atoms. The van der Waals surface area contributed by atoms with Crippen LogP contribution >= 0.6 is 0 Å². The van der Waals surface area contributed by atoms with Crippen molar-refractivity contribution < 1.29 is 18.9 Å². The minimum absolute atomic E-state index is 0.00895. The Bertz CT molecular complexity index is 750. The van der Waals surface area contributed by atoms with E-state index in [9.17, 15) is 14.4 Å². The molecule has 3 aliphatic heterocycles. The molecule has 3 heterocycles. The summed E-state index contributed by atoms with van der Waals surface area (Å²) in [6, 6.07) is -0.670. The van der Waals surface area contributed by atoms with E-state index in [1.807, 2.05) is 0 Å². The smallest absolute Gasteiger partial charge is 0.342 e. The molecule has 9 nitrogen and oxygen atoms in total. The molecule has 0 spiro atoms. The maximum atomic E-state index is 13.1. The lowest BCUT2D eigenvalue weighted by atomic mass is 9.99. The molecule has 0 aromatic heterocycles. The van der Waals surface area contributed by atoms with Crippen molar-refractivity contribution in [1.82, 2.24) is 20.2 Å². The van der Waals surface area contributed by atoms with Gasteiger partial charge in [0.2, 0.25) is 20.1 Å². The summed E-state index contributed by atoms with van der Waals surface area (Å²) in [4.78, 5) is 40.5. The molecule has 0 aromatic rings. The van der Waals surface area contributed by atoms with Crippen LogP contribution in [0.5, 0.6) is 0 Å². The zero-order valence-electron chi connectivity index (χ0n) is 18.9. The van der Waals surface area contributed by atoms with Crippen molar-refractivity contribution >= 4 is 32.0 Å². The maximum absolute atomic E-state index is 13.1. The normalized spacial score (nSPS) is 26.9. The van der Waals surface area contributed by atoms with Gasteiger partial charge >= 0.3 is 6.03 Å². The van der Waals surface area contributed by atoms with Gasteiger partial charge in [0.05, 0.1) is 18.0 Å². The quantitative estimate of drug-likeness (QED) is 0.399. The lowest BCUT2D eigenvalue weighted by Crippen LogP contribution is -2.52. The van der Waals surface area contributed by atoms with Crippen molar-refractivity contribution in [2.75, 3.05) is 19.6 Å². The molecule has 2 N–H and O–H groups in total. The fourth-order valence-electron chi connectivity index (χ4n) is 4.01. The summed E-state index contributed by atoms with van der Waals surface area (Å²) in [5.74, 6) is -0.532. The van der Waals surface area contributed by atoms with Gasteiger partial charge in [-0.3, -0.25) is 15.0 Å². The molecule has 3 rings (SSSR count). The molecule has 10 heteroatoms. The summed E-state index contributed by atoms with van der Waals surface area (Å²) >= 11 is 0. The van der Waals surface area contributed by atoms with Crippen molar-refractivity contribution in [3.05, 3.63) is 0 Å².